The number of para-hydroxylation sites is 4. The van der Waals surface area contributed by atoms with Crippen molar-refractivity contribution in [3.63, 3.8) is 0 Å². The Bertz CT molecular complexity index is 2300. The van der Waals surface area contributed by atoms with E-state index in [-0.39, 0.29) is 0 Å². The topological polar surface area (TPSA) is 14.2 Å². The molecule has 0 radical (unpaired) electrons. The van der Waals surface area contributed by atoms with Crippen molar-refractivity contribution in [1.29, 1.82) is 0 Å². The molecule has 2 nitrogen and oxygen atoms in total. The van der Waals surface area contributed by atoms with E-state index >= 15 is 0 Å². The highest BCUT2D eigenvalue weighted by Gasteiger charge is 2.45. The molecule has 0 fully saturated rings. The molecule has 0 bridgehead atoms. The van der Waals surface area contributed by atoms with Crippen LogP contribution in [-0.2, 0) is 5.41 Å². The molecule has 0 unspecified atom stereocenters. The quantitative estimate of drug-likeness (QED) is 0.204. The molecular weight excluding hydrogens is 546 g/mol. The maximum absolute atomic E-state index is 6.93. The summed E-state index contributed by atoms with van der Waals surface area (Å²) in [5.74, 6) is 1.78. The first kappa shape index (κ1) is 25.6. The van der Waals surface area contributed by atoms with Gasteiger partial charge in [0.2, 0.25) is 0 Å². The number of nitrogens with zero attached hydrogens (tertiary/aromatic N) is 1. The fourth-order valence-electron chi connectivity index (χ4n) is 7.45. The van der Waals surface area contributed by atoms with Gasteiger partial charge >= 0.3 is 0 Å². The van der Waals surface area contributed by atoms with Crippen molar-refractivity contribution < 1.29 is 4.74 Å². The van der Waals surface area contributed by atoms with E-state index < -0.39 is 5.41 Å². The summed E-state index contributed by atoms with van der Waals surface area (Å²) in [6.07, 6.45) is 0. The largest absolute Gasteiger partial charge is 0.456 e. The first-order chi connectivity index (χ1) is 22.3. The van der Waals surface area contributed by atoms with Crippen LogP contribution in [-0.4, -0.2) is 4.57 Å². The molecule has 0 saturated heterocycles. The average molecular weight is 576 g/mol. The number of benzene rings is 7. The lowest BCUT2D eigenvalue weighted by atomic mass is 9.63. The lowest BCUT2D eigenvalue weighted by Crippen LogP contribution is -2.34. The Hall–Kier alpha value is -5.86. The third-order valence-corrected chi connectivity index (χ3v) is 9.33. The molecule has 0 N–H and O–H groups in total. The molecule has 9 rings (SSSR count). The molecule has 212 valence electrons. The van der Waals surface area contributed by atoms with Crippen LogP contribution in [0.1, 0.15) is 22.3 Å². The van der Waals surface area contributed by atoms with Gasteiger partial charge in [0.1, 0.15) is 11.5 Å². The maximum atomic E-state index is 6.93. The van der Waals surface area contributed by atoms with E-state index in [9.17, 15) is 0 Å². The van der Waals surface area contributed by atoms with Crippen molar-refractivity contribution in [1.82, 2.24) is 4.57 Å². The van der Waals surface area contributed by atoms with Crippen LogP contribution >= 0.6 is 0 Å². The van der Waals surface area contributed by atoms with Crippen LogP contribution in [0.4, 0.5) is 0 Å². The highest BCUT2D eigenvalue weighted by atomic mass is 16.5. The Morgan fingerprint density at radius 1 is 0.444 bits per heavy atom. The van der Waals surface area contributed by atoms with Crippen LogP contribution < -0.4 is 4.74 Å². The molecule has 45 heavy (non-hydrogen) atoms. The van der Waals surface area contributed by atoms with E-state index in [4.69, 9.17) is 4.74 Å². The number of hydrogen-bond donors (Lipinski definition) is 0. The van der Waals surface area contributed by atoms with E-state index in [0.717, 1.165) is 39.4 Å². The van der Waals surface area contributed by atoms with Crippen LogP contribution in [0.2, 0.25) is 0 Å². The van der Waals surface area contributed by atoms with Crippen molar-refractivity contribution in [2.75, 3.05) is 0 Å². The number of aromatic nitrogens is 1. The van der Waals surface area contributed by atoms with E-state index in [1.165, 1.54) is 32.9 Å². The van der Waals surface area contributed by atoms with Gasteiger partial charge in [-0.2, -0.15) is 0 Å². The second-order valence-electron chi connectivity index (χ2n) is 11.7. The molecule has 2 heterocycles. The van der Waals surface area contributed by atoms with Crippen molar-refractivity contribution in [3.8, 4) is 28.3 Å². The summed E-state index contributed by atoms with van der Waals surface area (Å²) in [6.45, 7) is 0. The summed E-state index contributed by atoms with van der Waals surface area (Å²) in [6, 6.07) is 63.0. The molecule has 1 aliphatic rings. The third kappa shape index (κ3) is 3.76. The number of rotatable bonds is 4. The molecule has 8 aromatic rings. The van der Waals surface area contributed by atoms with Crippen molar-refractivity contribution in [2.45, 2.75) is 5.41 Å². The molecular formula is C43H29NO. The maximum Gasteiger partial charge on any atom is 0.140 e. The minimum absolute atomic E-state index is 0.545. The Kier molecular flexibility index (Phi) is 5.76. The zero-order valence-electron chi connectivity index (χ0n) is 24.6. The van der Waals surface area contributed by atoms with Gasteiger partial charge in [0.25, 0.3) is 0 Å². The highest BCUT2D eigenvalue weighted by Crippen LogP contribution is 2.57. The van der Waals surface area contributed by atoms with Gasteiger partial charge in [-0.3, -0.25) is 0 Å². The Balaban J connectivity index is 1.33. The third-order valence-electron chi connectivity index (χ3n) is 9.33. The molecule has 0 aliphatic carbocycles. The summed E-state index contributed by atoms with van der Waals surface area (Å²) in [7, 11) is 0. The molecule has 1 aliphatic heterocycles. The van der Waals surface area contributed by atoms with Crippen LogP contribution in [0.3, 0.4) is 0 Å². The summed E-state index contributed by atoms with van der Waals surface area (Å²) in [5, 5.41) is 2.45. The zero-order valence-corrected chi connectivity index (χ0v) is 24.6. The minimum atomic E-state index is -0.545. The van der Waals surface area contributed by atoms with Gasteiger partial charge in [0.05, 0.1) is 16.4 Å². The lowest BCUT2D eigenvalue weighted by Gasteiger charge is -2.42. The SMILES string of the molecule is c1ccc(-n2c3ccccc3c3cc(-c4cccc5c4Oc4ccccc4C5(c4ccccc4)c4ccccc4)ccc32)cc1. The molecule has 2 heteroatoms. The smallest absolute Gasteiger partial charge is 0.140 e. The van der Waals surface area contributed by atoms with E-state index in [2.05, 4.69) is 180 Å². The Labute approximate surface area is 262 Å². The second kappa shape index (κ2) is 10.1. The van der Waals surface area contributed by atoms with Gasteiger partial charge in [0.15, 0.2) is 0 Å². The van der Waals surface area contributed by atoms with Crippen LogP contribution in [0.15, 0.2) is 176 Å². The molecule has 0 atom stereocenters. The molecule has 1 aromatic heterocycles. The molecule has 7 aromatic carbocycles. The predicted molar refractivity (Wildman–Crippen MR) is 185 cm³/mol. The van der Waals surface area contributed by atoms with Crippen LogP contribution in [0.25, 0.3) is 38.6 Å². The fraction of sp³-hybridized carbons (Fsp3) is 0.0233. The number of hydrogen-bond acceptors (Lipinski definition) is 1. The van der Waals surface area contributed by atoms with Crippen LogP contribution in [0.5, 0.6) is 11.5 Å². The van der Waals surface area contributed by atoms with E-state index in [1.54, 1.807) is 0 Å². The Morgan fingerprint density at radius 2 is 1.04 bits per heavy atom. The number of ether oxygens (including phenoxy) is 1. The van der Waals surface area contributed by atoms with Gasteiger partial charge in [-0.1, -0.05) is 140 Å². The minimum Gasteiger partial charge on any atom is -0.456 e. The summed E-state index contributed by atoms with van der Waals surface area (Å²) in [5.41, 5.74) is 9.92. The first-order valence-corrected chi connectivity index (χ1v) is 15.4. The fourth-order valence-corrected chi connectivity index (χ4v) is 7.45. The van der Waals surface area contributed by atoms with E-state index in [0.29, 0.717) is 0 Å². The standard InChI is InChI=1S/C43H29NO/c1-4-15-31(16-5-1)43(32-17-6-2-7-18-32)37-23-11-13-26-41(37)45-42-34(22-14-24-38(42)43)30-27-28-40-36(29-30)35-21-10-12-25-39(35)44(40)33-19-8-3-9-20-33/h1-29H. The highest BCUT2D eigenvalue weighted by molar-refractivity contribution is 6.10. The normalized spacial score (nSPS) is 13.2. The van der Waals surface area contributed by atoms with Gasteiger partial charge in [0, 0.05) is 33.2 Å². The predicted octanol–water partition coefficient (Wildman–Crippen LogP) is 10.9. The average Bonchev–Trinajstić information content (AvgIpc) is 3.45. The van der Waals surface area contributed by atoms with Gasteiger partial charge in [-0.25, -0.2) is 0 Å². The van der Waals surface area contributed by atoms with Crippen molar-refractivity contribution in [2.24, 2.45) is 0 Å². The first-order valence-electron chi connectivity index (χ1n) is 15.4. The summed E-state index contributed by atoms with van der Waals surface area (Å²) in [4.78, 5) is 0. The van der Waals surface area contributed by atoms with Gasteiger partial charge < -0.3 is 9.30 Å². The molecule has 0 saturated carbocycles. The van der Waals surface area contributed by atoms with Gasteiger partial charge in [-0.15, -0.1) is 0 Å². The van der Waals surface area contributed by atoms with Gasteiger partial charge in [-0.05, 0) is 53.1 Å². The van der Waals surface area contributed by atoms with Crippen molar-refractivity contribution in [3.05, 3.63) is 198 Å². The van der Waals surface area contributed by atoms with E-state index in [1.807, 2.05) is 0 Å². The monoisotopic (exact) mass is 575 g/mol. The summed E-state index contributed by atoms with van der Waals surface area (Å²) >= 11 is 0. The second-order valence-corrected chi connectivity index (χ2v) is 11.7. The Morgan fingerprint density at radius 3 is 1.80 bits per heavy atom. The van der Waals surface area contributed by atoms with Crippen molar-refractivity contribution >= 4 is 21.8 Å². The van der Waals surface area contributed by atoms with Crippen LogP contribution in [0, 0.1) is 0 Å². The molecule has 0 spiro atoms. The zero-order chi connectivity index (χ0) is 29.8. The summed E-state index contributed by atoms with van der Waals surface area (Å²) < 4.78 is 9.29. The molecule has 0 amide bonds. The number of fused-ring (bicyclic) bond motifs is 5. The lowest BCUT2D eigenvalue weighted by molar-refractivity contribution is 0.436.